The molecule has 1 aromatic heterocycles. The van der Waals surface area contributed by atoms with Crippen LogP contribution < -0.4 is 5.73 Å². The summed E-state index contributed by atoms with van der Waals surface area (Å²) in [7, 11) is 9.42. The van der Waals surface area contributed by atoms with Crippen molar-refractivity contribution in [2.24, 2.45) is 11.7 Å². The summed E-state index contributed by atoms with van der Waals surface area (Å²) in [6, 6.07) is 1.75. The molecule has 0 amide bonds. The summed E-state index contributed by atoms with van der Waals surface area (Å²) in [5.41, 5.74) is 4.96. The topological polar surface area (TPSA) is 92.8 Å². The Morgan fingerprint density at radius 2 is 1.80 bits per heavy atom. The predicted octanol–water partition coefficient (Wildman–Crippen LogP) is 1.62. The summed E-state index contributed by atoms with van der Waals surface area (Å²) in [5.74, 6) is -0.0150. The Hall–Kier alpha value is -0.501. The zero-order valence-electron chi connectivity index (χ0n) is 15.0. The zero-order valence-corrected chi connectivity index (χ0v) is 17.8. The first kappa shape index (κ1) is 29.3. The van der Waals surface area contributed by atoms with Gasteiger partial charge >= 0.3 is 0 Å². The number of rotatable bonds is 4. The largest absolute Gasteiger partial charge is 0.493 e. The second-order valence-corrected chi connectivity index (χ2v) is 4.83. The van der Waals surface area contributed by atoms with Crippen molar-refractivity contribution in [3.05, 3.63) is 38.1 Å². The molecule has 1 aliphatic rings. The molecule has 2 rings (SSSR count). The van der Waals surface area contributed by atoms with Crippen LogP contribution in [0.25, 0.3) is 0 Å². The number of carbonyl (C=O) groups excluding carboxylic acids is 2. The molecular weight excluding hydrogens is 402 g/mol. The third-order valence-corrected chi connectivity index (χ3v) is 3.24. The monoisotopic (exact) mass is 428 g/mol. The molecule has 1 saturated heterocycles. The van der Waals surface area contributed by atoms with Crippen LogP contribution in [0.2, 0.25) is 0 Å². The zero-order chi connectivity index (χ0) is 18.0. The van der Waals surface area contributed by atoms with Gasteiger partial charge in [0.1, 0.15) is 11.6 Å². The third-order valence-electron chi connectivity index (χ3n) is 3.24. The quantitative estimate of drug-likeness (QED) is 0.579. The van der Waals surface area contributed by atoms with Crippen LogP contribution in [0.4, 0.5) is 0 Å². The van der Waals surface area contributed by atoms with E-state index in [1.165, 1.54) is 21.0 Å². The van der Waals surface area contributed by atoms with Crippen molar-refractivity contribution < 1.29 is 60.9 Å². The number of hydrogen-bond donors (Lipinski definition) is 1. The number of methoxy groups -OCH3 is 2. The summed E-state index contributed by atoms with van der Waals surface area (Å²) < 4.78 is 16.8. The number of nitrogens with two attached hydrogens (primary N) is 1. The number of ketones is 2. The van der Waals surface area contributed by atoms with Gasteiger partial charge in [0.2, 0.25) is 0 Å². The SMILES string of the molecule is COC1CC(C(C)=O)C(OC)O1.[CH2-]N.[CH2-]n1ccc(C(C)=O)c1.[V].[V]. The molecule has 25 heavy (non-hydrogen) atoms. The molecule has 2 radical (unpaired) electrons. The van der Waals surface area contributed by atoms with Crippen molar-refractivity contribution in [3.63, 3.8) is 0 Å². The second-order valence-electron chi connectivity index (χ2n) is 4.83. The number of aromatic nitrogens is 1. The number of ether oxygens (including phenoxy) is 3. The van der Waals surface area contributed by atoms with Crippen LogP contribution in [0, 0.1) is 20.0 Å². The molecule has 9 heteroatoms. The van der Waals surface area contributed by atoms with Gasteiger partial charge in [-0.15, -0.1) is 19.3 Å². The fraction of sp³-hybridized carbons (Fsp3) is 0.500. The van der Waals surface area contributed by atoms with E-state index in [0.29, 0.717) is 12.0 Å². The van der Waals surface area contributed by atoms with Gasteiger partial charge < -0.3 is 24.5 Å². The van der Waals surface area contributed by atoms with E-state index in [4.69, 9.17) is 14.2 Å². The molecular formula is C16H26N2O5V2-2. The van der Waals surface area contributed by atoms with Crippen LogP contribution in [0.3, 0.4) is 0 Å². The maximum Gasteiger partial charge on any atom is 0.170 e. The Morgan fingerprint density at radius 3 is 2.04 bits per heavy atom. The van der Waals surface area contributed by atoms with Gasteiger partial charge in [-0.1, -0.05) is 6.20 Å². The average molecular weight is 428 g/mol. The van der Waals surface area contributed by atoms with Gasteiger partial charge in [0.25, 0.3) is 0 Å². The van der Waals surface area contributed by atoms with Crippen LogP contribution in [0.15, 0.2) is 18.5 Å². The van der Waals surface area contributed by atoms with Gasteiger partial charge in [0.15, 0.2) is 12.6 Å². The van der Waals surface area contributed by atoms with E-state index in [0.717, 1.165) is 0 Å². The number of hydrogen-bond acceptors (Lipinski definition) is 6. The molecule has 2 N–H and O–H groups in total. The Labute approximate surface area is 173 Å². The van der Waals surface area contributed by atoms with Crippen molar-refractivity contribution in [3.8, 4) is 0 Å². The standard InChI is InChI=1S/C8H14O4.C7H8NO.CH4N.2V/c1-5(9)6-4-7(10-2)12-8(6)11-3;1-6(9)7-3-4-8(2)5-7;1-2;;/h6-8H,4H2,1-3H3;3-5H,2H2,1H3;1-2H2;;/q;2*-1;;. The van der Waals surface area contributed by atoms with Crippen molar-refractivity contribution in [1.82, 2.24) is 4.57 Å². The Kier molecular flexibility index (Phi) is 18.4. The average Bonchev–Trinajstić information content (AvgIpc) is 3.15. The van der Waals surface area contributed by atoms with Gasteiger partial charge in [-0.25, -0.2) is 0 Å². The van der Waals surface area contributed by atoms with Crippen LogP contribution in [0.5, 0.6) is 0 Å². The van der Waals surface area contributed by atoms with Gasteiger partial charge in [-0.05, 0) is 19.4 Å². The van der Waals surface area contributed by atoms with E-state index in [1.54, 1.807) is 30.1 Å². The predicted molar refractivity (Wildman–Crippen MR) is 86.2 cm³/mol. The first-order valence-electron chi connectivity index (χ1n) is 7.01. The molecule has 1 fully saturated rings. The molecule has 1 aliphatic heterocycles. The van der Waals surface area contributed by atoms with Gasteiger partial charge in [0, 0.05) is 57.8 Å². The molecule has 0 spiro atoms. The Balaban J connectivity index is -0.000000336. The molecule has 0 bridgehead atoms. The molecule has 2 heterocycles. The van der Waals surface area contributed by atoms with Crippen LogP contribution >= 0.6 is 0 Å². The van der Waals surface area contributed by atoms with Gasteiger partial charge in [-0.3, -0.25) is 16.6 Å². The number of Topliss-reactive ketones (excluding diaryl/α,β-unsaturated/α-hetero) is 2. The summed E-state index contributed by atoms with van der Waals surface area (Å²) in [6.45, 7) is 3.08. The smallest absolute Gasteiger partial charge is 0.170 e. The molecule has 7 nitrogen and oxygen atoms in total. The maximum atomic E-state index is 11.1. The van der Waals surface area contributed by atoms with Gasteiger partial charge in [0.05, 0.1) is 5.92 Å². The maximum absolute atomic E-state index is 11.1. The molecule has 0 saturated carbocycles. The van der Waals surface area contributed by atoms with E-state index in [2.05, 4.69) is 19.8 Å². The molecule has 0 aliphatic carbocycles. The van der Waals surface area contributed by atoms with Gasteiger partial charge in [-0.2, -0.15) is 0 Å². The van der Waals surface area contributed by atoms with E-state index in [9.17, 15) is 9.59 Å². The summed E-state index contributed by atoms with van der Waals surface area (Å²) in [6.07, 6.45) is 3.29. The Morgan fingerprint density at radius 1 is 1.24 bits per heavy atom. The van der Waals surface area contributed by atoms with Crippen molar-refractivity contribution in [1.29, 1.82) is 0 Å². The molecule has 1 aromatic rings. The fourth-order valence-corrected chi connectivity index (χ4v) is 2.00. The first-order valence-corrected chi connectivity index (χ1v) is 7.01. The minimum atomic E-state index is -0.438. The van der Waals surface area contributed by atoms with E-state index in [1.807, 2.05) is 0 Å². The first-order chi connectivity index (χ1) is 10.9. The van der Waals surface area contributed by atoms with Crippen molar-refractivity contribution in [2.75, 3.05) is 14.2 Å². The molecule has 3 atom stereocenters. The van der Waals surface area contributed by atoms with Crippen LogP contribution in [0.1, 0.15) is 30.6 Å². The van der Waals surface area contributed by atoms with E-state index < -0.39 is 6.29 Å². The number of carbonyl (C=O) groups is 2. The normalized spacial score (nSPS) is 20.6. The minimum absolute atomic E-state index is 0. The van der Waals surface area contributed by atoms with Crippen molar-refractivity contribution in [2.45, 2.75) is 32.8 Å². The third kappa shape index (κ3) is 10.3. The minimum Gasteiger partial charge on any atom is -0.493 e. The number of nitrogens with zero attached hydrogens (tertiary/aromatic N) is 1. The van der Waals surface area contributed by atoms with E-state index in [-0.39, 0.29) is 60.9 Å². The van der Waals surface area contributed by atoms with Crippen LogP contribution in [-0.2, 0) is 56.1 Å². The van der Waals surface area contributed by atoms with Crippen molar-refractivity contribution >= 4 is 11.6 Å². The summed E-state index contributed by atoms with van der Waals surface area (Å²) in [4.78, 5) is 21.7. The Bertz CT molecular complexity index is 497. The second kappa shape index (κ2) is 15.7. The molecule has 3 unspecified atom stereocenters. The molecule has 0 aromatic carbocycles. The van der Waals surface area contributed by atoms with E-state index >= 15 is 0 Å². The summed E-state index contributed by atoms with van der Waals surface area (Å²) in [5, 5.41) is 0. The summed E-state index contributed by atoms with van der Waals surface area (Å²) >= 11 is 0. The molecule has 142 valence electrons. The van der Waals surface area contributed by atoms with Crippen LogP contribution in [-0.4, -0.2) is 42.9 Å². The fourth-order valence-electron chi connectivity index (χ4n) is 2.00.